The number of carbonyl (C=O) groups is 1. The standard InChI is InChI=1S/C12H18O3/c13-6-14-7-15-12-10-2-8-1-9(4-10)5-11(12)3-8/h6,8-12H,1-5,7H2. The van der Waals surface area contributed by atoms with E-state index >= 15 is 0 Å². The quantitative estimate of drug-likeness (QED) is 0.404. The molecule has 4 aliphatic rings. The van der Waals surface area contributed by atoms with Gasteiger partial charge >= 0.3 is 0 Å². The van der Waals surface area contributed by atoms with Crippen molar-refractivity contribution in [2.45, 2.75) is 38.2 Å². The molecule has 84 valence electrons. The summed E-state index contributed by atoms with van der Waals surface area (Å²) in [6.45, 7) is 0.618. The Hall–Kier alpha value is -0.570. The van der Waals surface area contributed by atoms with Crippen molar-refractivity contribution < 1.29 is 14.3 Å². The molecule has 0 aromatic heterocycles. The zero-order valence-corrected chi connectivity index (χ0v) is 8.93. The highest BCUT2D eigenvalue weighted by Crippen LogP contribution is 2.54. The maximum Gasteiger partial charge on any atom is 0.295 e. The highest BCUT2D eigenvalue weighted by atomic mass is 16.7. The second-order valence-corrected chi connectivity index (χ2v) is 5.44. The molecule has 0 heterocycles. The van der Waals surface area contributed by atoms with Crippen molar-refractivity contribution in [2.75, 3.05) is 6.79 Å². The molecule has 3 nitrogen and oxygen atoms in total. The summed E-state index contributed by atoms with van der Waals surface area (Å²) in [7, 11) is 0. The Morgan fingerprint density at radius 2 is 1.60 bits per heavy atom. The van der Waals surface area contributed by atoms with Crippen LogP contribution in [0.4, 0.5) is 0 Å². The fourth-order valence-electron chi connectivity index (χ4n) is 4.29. The number of rotatable bonds is 4. The molecular formula is C12H18O3. The Bertz CT molecular complexity index is 223. The molecule has 0 spiro atoms. The van der Waals surface area contributed by atoms with Crippen LogP contribution < -0.4 is 0 Å². The molecule has 3 heteroatoms. The van der Waals surface area contributed by atoms with Crippen molar-refractivity contribution in [1.82, 2.24) is 0 Å². The van der Waals surface area contributed by atoms with Gasteiger partial charge in [0.05, 0.1) is 6.10 Å². The minimum atomic E-state index is 0.149. The Balaban J connectivity index is 1.62. The van der Waals surface area contributed by atoms with Gasteiger partial charge in [-0.15, -0.1) is 0 Å². The SMILES string of the molecule is O=COCOC1C2CC3CC(C2)CC1C3. The zero-order chi connectivity index (χ0) is 10.3. The van der Waals surface area contributed by atoms with Crippen LogP contribution in [0.5, 0.6) is 0 Å². The molecule has 0 aromatic rings. The van der Waals surface area contributed by atoms with Gasteiger partial charge in [0.1, 0.15) is 0 Å². The Kier molecular flexibility index (Phi) is 2.43. The van der Waals surface area contributed by atoms with Crippen molar-refractivity contribution in [3.05, 3.63) is 0 Å². The average Bonchev–Trinajstić information content (AvgIpc) is 2.21. The van der Waals surface area contributed by atoms with Crippen molar-refractivity contribution in [2.24, 2.45) is 23.7 Å². The summed E-state index contributed by atoms with van der Waals surface area (Å²) >= 11 is 0. The van der Waals surface area contributed by atoms with Gasteiger partial charge in [0, 0.05) is 0 Å². The smallest absolute Gasteiger partial charge is 0.295 e. The third kappa shape index (κ3) is 1.67. The van der Waals surface area contributed by atoms with E-state index in [4.69, 9.17) is 4.74 Å². The summed E-state index contributed by atoms with van der Waals surface area (Å²) in [6, 6.07) is 0. The molecule has 0 saturated heterocycles. The molecule has 15 heavy (non-hydrogen) atoms. The number of carbonyl (C=O) groups excluding carboxylic acids is 1. The summed E-state index contributed by atoms with van der Waals surface area (Å²) in [4.78, 5) is 10.1. The molecule has 4 aliphatic carbocycles. The molecule has 0 N–H and O–H groups in total. The fraction of sp³-hybridized carbons (Fsp3) is 0.917. The van der Waals surface area contributed by atoms with E-state index in [9.17, 15) is 4.79 Å². The Morgan fingerprint density at radius 3 is 2.13 bits per heavy atom. The molecule has 0 amide bonds. The first-order valence-corrected chi connectivity index (χ1v) is 6.03. The van der Waals surface area contributed by atoms with Gasteiger partial charge in [0.25, 0.3) is 6.47 Å². The molecule has 0 aliphatic heterocycles. The number of hydrogen-bond donors (Lipinski definition) is 0. The predicted octanol–water partition coefficient (Wildman–Crippen LogP) is 1.96. The van der Waals surface area contributed by atoms with Crippen LogP contribution in [0.15, 0.2) is 0 Å². The normalized spacial score (nSPS) is 46.8. The average molecular weight is 210 g/mol. The van der Waals surface area contributed by atoms with Crippen LogP contribution >= 0.6 is 0 Å². The molecular weight excluding hydrogens is 192 g/mol. The van der Waals surface area contributed by atoms with Crippen molar-refractivity contribution in [3.8, 4) is 0 Å². The first-order chi connectivity index (χ1) is 7.36. The minimum Gasteiger partial charge on any atom is -0.441 e. The van der Waals surface area contributed by atoms with Crippen LogP contribution in [0.25, 0.3) is 0 Å². The van der Waals surface area contributed by atoms with Gasteiger partial charge in [-0.2, -0.15) is 0 Å². The first-order valence-electron chi connectivity index (χ1n) is 6.03. The van der Waals surface area contributed by atoms with Gasteiger partial charge in [-0.25, -0.2) is 0 Å². The van der Waals surface area contributed by atoms with Crippen LogP contribution in [-0.2, 0) is 14.3 Å². The second kappa shape index (κ2) is 3.78. The fourth-order valence-corrected chi connectivity index (χ4v) is 4.29. The first kappa shape index (κ1) is 9.64. The lowest BCUT2D eigenvalue weighted by Crippen LogP contribution is -2.49. The van der Waals surface area contributed by atoms with Gasteiger partial charge < -0.3 is 9.47 Å². The topological polar surface area (TPSA) is 35.5 Å². The highest BCUT2D eigenvalue weighted by Gasteiger charge is 2.48. The van der Waals surface area contributed by atoms with E-state index in [-0.39, 0.29) is 6.79 Å². The molecule has 4 rings (SSSR count). The van der Waals surface area contributed by atoms with E-state index in [2.05, 4.69) is 4.74 Å². The summed E-state index contributed by atoms with van der Waals surface area (Å²) in [6.07, 6.45) is 7.22. The molecule has 4 bridgehead atoms. The van der Waals surface area contributed by atoms with Crippen molar-refractivity contribution in [1.29, 1.82) is 0 Å². The van der Waals surface area contributed by atoms with Gasteiger partial charge in [0.15, 0.2) is 6.79 Å². The van der Waals surface area contributed by atoms with Crippen LogP contribution in [-0.4, -0.2) is 19.4 Å². The zero-order valence-electron chi connectivity index (χ0n) is 8.93. The van der Waals surface area contributed by atoms with Gasteiger partial charge in [-0.05, 0) is 55.8 Å². The minimum absolute atomic E-state index is 0.149. The molecule has 0 aromatic carbocycles. The predicted molar refractivity (Wildman–Crippen MR) is 53.9 cm³/mol. The number of ether oxygens (including phenoxy) is 2. The molecule has 0 radical (unpaired) electrons. The van der Waals surface area contributed by atoms with Crippen molar-refractivity contribution >= 4 is 6.47 Å². The van der Waals surface area contributed by atoms with E-state index in [1.54, 1.807) is 0 Å². The third-order valence-corrected chi connectivity index (χ3v) is 4.54. The van der Waals surface area contributed by atoms with Crippen LogP contribution in [0.2, 0.25) is 0 Å². The molecule has 4 saturated carbocycles. The van der Waals surface area contributed by atoms with E-state index < -0.39 is 0 Å². The Labute approximate surface area is 90.1 Å². The van der Waals surface area contributed by atoms with E-state index in [0.29, 0.717) is 12.6 Å². The lowest BCUT2D eigenvalue weighted by Gasteiger charge is -2.53. The second-order valence-electron chi connectivity index (χ2n) is 5.44. The number of hydrogen-bond acceptors (Lipinski definition) is 3. The van der Waals surface area contributed by atoms with Crippen molar-refractivity contribution in [3.63, 3.8) is 0 Å². The highest BCUT2D eigenvalue weighted by molar-refractivity contribution is 5.36. The van der Waals surface area contributed by atoms with E-state index in [1.807, 2.05) is 0 Å². The van der Waals surface area contributed by atoms with Crippen LogP contribution in [0.3, 0.4) is 0 Å². The monoisotopic (exact) mass is 210 g/mol. The maximum absolute atomic E-state index is 10.1. The summed E-state index contributed by atoms with van der Waals surface area (Å²) < 4.78 is 10.3. The maximum atomic E-state index is 10.1. The van der Waals surface area contributed by atoms with E-state index in [0.717, 1.165) is 23.7 Å². The van der Waals surface area contributed by atoms with E-state index in [1.165, 1.54) is 32.1 Å². The lowest BCUT2D eigenvalue weighted by molar-refractivity contribution is -0.177. The molecule has 4 fully saturated rings. The van der Waals surface area contributed by atoms with Gasteiger partial charge in [0.2, 0.25) is 0 Å². The van der Waals surface area contributed by atoms with Gasteiger partial charge in [-0.3, -0.25) is 4.79 Å². The molecule has 0 atom stereocenters. The Morgan fingerprint density at radius 1 is 1.00 bits per heavy atom. The third-order valence-electron chi connectivity index (χ3n) is 4.54. The molecule has 0 unspecified atom stereocenters. The summed E-state index contributed by atoms with van der Waals surface area (Å²) in [5.74, 6) is 3.44. The van der Waals surface area contributed by atoms with Gasteiger partial charge in [-0.1, -0.05) is 0 Å². The summed E-state index contributed by atoms with van der Waals surface area (Å²) in [5.41, 5.74) is 0. The van der Waals surface area contributed by atoms with Crippen LogP contribution in [0, 0.1) is 23.7 Å². The summed E-state index contributed by atoms with van der Waals surface area (Å²) in [5, 5.41) is 0. The largest absolute Gasteiger partial charge is 0.441 e. The lowest BCUT2D eigenvalue weighted by atomic mass is 9.55. The van der Waals surface area contributed by atoms with Crippen LogP contribution in [0.1, 0.15) is 32.1 Å².